The molecular formula is C19H27N5O4. The number of amides is 3. The first-order valence-electron chi connectivity index (χ1n) is 9.10. The molecule has 1 aliphatic heterocycles. The van der Waals surface area contributed by atoms with Crippen LogP contribution in [-0.2, 0) is 14.3 Å². The molecule has 0 bridgehead atoms. The minimum Gasteiger partial charge on any atom is -0.460 e. The number of hydrogen-bond donors (Lipinski definition) is 3. The van der Waals surface area contributed by atoms with Crippen LogP contribution in [0.2, 0.25) is 0 Å². The van der Waals surface area contributed by atoms with E-state index in [0.717, 1.165) is 11.3 Å². The zero-order valence-corrected chi connectivity index (χ0v) is 16.4. The third-order valence-electron chi connectivity index (χ3n) is 3.97. The lowest BCUT2D eigenvalue weighted by molar-refractivity contribution is -0.154. The maximum atomic E-state index is 12.6. The monoisotopic (exact) mass is 389 g/mol. The molecule has 9 heteroatoms. The second-order valence-electron chi connectivity index (χ2n) is 7.44. The van der Waals surface area contributed by atoms with Crippen LogP contribution >= 0.6 is 0 Å². The fourth-order valence-corrected chi connectivity index (χ4v) is 2.78. The van der Waals surface area contributed by atoms with Crippen molar-refractivity contribution in [2.45, 2.75) is 45.3 Å². The van der Waals surface area contributed by atoms with Crippen molar-refractivity contribution in [3.63, 3.8) is 0 Å². The normalized spacial score (nSPS) is 17.0. The van der Waals surface area contributed by atoms with E-state index in [9.17, 15) is 14.4 Å². The third kappa shape index (κ3) is 6.26. The number of ether oxygens (including phenoxy) is 1. The molecule has 1 fully saturated rings. The van der Waals surface area contributed by atoms with E-state index in [4.69, 9.17) is 10.6 Å². The van der Waals surface area contributed by atoms with Gasteiger partial charge in [0.2, 0.25) is 5.91 Å². The van der Waals surface area contributed by atoms with Gasteiger partial charge < -0.3 is 26.1 Å². The molecule has 0 radical (unpaired) electrons. The Balaban J connectivity index is 1.79. The molecule has 1 aromatic rings. The Morgan fingerprint density at radius 2 is 2.00 bits per heavy atom. The Kier molecular flexibility index (Phi) is 6.97. The average molecular weight is 389 g/mol. The standard InChI is InChI=1S/C19H27N5O4/c1-19(2,3)28-16(25)8-10-21-18(27)23-15-9-11-24(17(15)26)14-6-4-13(5-7-14)12-22-20/h4-7,12,15H,8-11,20H2,1-3H3,(H2,21,23,27)/t15-/m0/s1. The number of hydrazone groups is 1. The summed E-state index contributed by atoms with van der Waals surface area (Å²) in [5.41, 5.74) is 1.01. The second-order valence-corrected chi connectivity index (χ2v) is 7.44. The summed E-state index contributed by atoms with van der Waals surface area (Å²) in [6, 6.07) is 6.13. The first-order valence-corrected chi connectivity index (χ1v) is 9.10. The summed E-state index contributed by atoms with van der Waals surface area (Å²) in [5.74, 6) is 4.55. The Labute approximate surface area is 164 Å². The number of anilines is 1. The quantitative estimate of drug-likeness (QED) is 0.291. The molecule has 28 heavy (non-hydrogen) atoms. The summed E-state index contributed by atoms with van der Waals surface area (Å²) in [4.78, 5) is 37.8. The van der Waals surface area contributed by atoms with Crippen LogP contribution in [0.4, 0.5) is 10.5 Å². The van der Waals surface area contributed by atoms with Gasteiger partial charge in [-0.05, 0) is 44.9 Å². The number of esters is 1. The highest BCUT2D eigenvalue weighted by atomic mass is 16.6. The van der Waals surface area contributed by atoms with E-state index in [1.807, 2.05) is 12.1 Å². The number of urea groups is 1. The zero-order valence-electron chi connectivity index (χ0n) is 16.4. The van der Waals surface area contributed by atoms with Crippen molar-refractivity contribution in [2.75, 3.05) is 18.0 Å². The van der Waals surface area contributed by atoms with Crippen molar-refractivity contribution in [1.29, 1.82) is 0 Å². The lowest BCUT2D eigenvalue weighted by Crippen LogP contribution is -2.46. The molecule has 0 spiro atoms. The molecule has 4 N–H and O–H groups in total. The number of nitrogens with two attached hydrogens (primary N) is 1. The minimum absolute atomic E-state index is 0.0634. The number of nitrogens with zero attached hydrogens (tertiary/aromatic N) is 2. The summed E-state index contributed by atoms with van der Waals surface area (Å²) >= 11 is 0. The predicted molar refractivity (Wildman–Crippen MR) is 106 cm³/mol. The predicted octanol–water partition coefficient (Wildman–Crippen LogP) is 1.12. The first kappa shape index (κ1) is 21.2. The van der Waals surface area contributed by atoms with Crippen molar-refractivity contribution < 1.29 is 19.1 Å². The number of hydrogen-bond acceptors (Lipinski definition) is 6. The highest BCUT2D eigenvalue weighted by molar-refractivity contribution is 6.01. The highest BCUT2D eigenvalue weighted by Gasteiger charge is 2.33. The van der Waals surface area contributed by atoms with Gasteiger partial charge in [-0.25, -0.2) is 4.79 Å². The van der Waals surface area contributed by atoms with Crippen LogP contribution in [0.1, 0.15) is 39.2 Å². The van der Waals surface area contributed by atoms with Gasteiger partial charge in [-0.2, -0.15) is 5.10 Å². The van der Waals surface area contributed by atoms with E-state index in [2.05, 4.69) is 15.7 Å². The molecule has 0 unspecified atom stereocenters. The average Bonchev–Trinajstić information content (AvgIpc) is 2.95. The van der Waals surface area contributed by atoms with Gasteiger partial charge in [0.1, 0.15) is 11.6 Å². The SMILES string of the molecule is CC(C)(C)OC(=O)CCNC(=O)N[C@H]1CCN(c2ccc(C=NN)cc2)C1=O. The molecule has 9 nitrogen and oxygen atoms in total. The second kappa shape index (κ2) is 9.20. The Hall–Kier alpha value is -3.10. The van der Waals surface area contributed by atoms with Gasteiger partial charge in [0.15, 0.2) is 0 Å². The number of carbonyl (C=O) groups excluding carboxylic acids is 3. The fourth-order valence-electron chi connectivity index (χ4n) is 2.78. The summed E-state index contributed by atoms with van der Waals surface area (Å²) < 4.78 is 5.17. The molecule has 1 atom stereocenters. The van der Waals surface area contributed by atoms with E-state index >= 15 is 0 Å². The topological polar surface area (TPSA) is 126 Å². The number of carbonyl (C=O) groups is 3. The number of nitrogens with one attached hydrogen (secondary N) is 2. The summed E-state index contributed by atoms with van der Waals surface area (Å²) in [6.45, 7) is 5.98. The molecule has 0 aromatic heterocycles. The van der Waals surface area contributed by atoms with Crippen molar-refractivity contribution >= 4 is 29.8 Å². The van der Waals surface area contributed by atoms with Crippen LogP contribution < -0.4 is 21.4 Å². The molecule has 1 aliphatic rings. The lowest BCUT2D eigenvalue weighted by Gasteiger charge is -2.19. The van der Waals surface area contributed by atoms with Crippen molar-refractivity contribution in [3.05, 3.63) is 29.8 Å². The first-order chi connectivity index (χ1) is 13.2. The Morgan fingerprint density at radius 1 is 1.32 bits per heavy atom. The fraction of sp³-hybridized carbons (Fsp3) is 0.474. The molecule has 3 amide bonds. The molecule has 0 saturated carbocycles. The lowest BCUT2D eigenvalue weighted by atomic mass is 10.2. The number of benzene rings is 1. The molecule has 1 aromatic carbocycles. The molecule has 0 aliphatic carbocycles. The van der Waals surface area contributed by atoms with Gasteiger partial charge in [0, 0.05) is 18.8 Å². The van der Waals surface area contributed by atoms with Gasteiger partial charge >= 0.3 is 12.0 Å². The van der Waals surface area contributed by atoms with Gasteiger partial charge in [-0.3, -0.25) is 9.59 Å². The van der Waals surface area contributed by atoms with Crippen molar-refractivity contribution in [2.24, 2.45) is 10.9 Å². The zero-order chi connectivity index (χ0) is 20.7. The Bertz CT molecular complexity index is 740. The molecule has 1 heterocycles. The molecular weight excluding hydrogens is 362 g/mol. The summed E-state index contributed by atoms with van der Waals surface area (Å²) in [7, 11) is 0. The van der Waals surface area contributed by atoms with E-state index in [1.165, 1.54) is 6.21 Å². The minimum atomic E-state index is -0.605. The van der Waals surface area contributed by atoms with Crippen LogP contribution in [0.5, 0.6) is 0 Å². The Morgan fingerprint density at radius 3 is 2.61 bits per heavy atom. The maximum absolute atomic E-state index is 12.6. The van der Waals surface area contributed by atoms with Crippen molar-refractivity contribution in [3.8, 4) is 0 Å². The van der Waals surface area contributed by atoms with Crippen LogP contribution in [0.3, 0.4) is 0 Å². The number of rotatable bonds is 6. The van der Waals surface area contributed by atoms with Gasteiger partial charge in [-0.15, -0.1) is 0 Å². The van der Waals surface area contributed by atoms with E-state index in [1.54, 1.807) is 37.8 Å². The van der Waals surface area contributed by atoms with Crippen LogP contribution in [0.15, 0.2) is 29.4 Å². The van der Waals surface area contributed by atoms with Gasteiger partial charge in [0.25, 0.3) is 0 Å². The van der Waals surface area contributed by atoms with Crippen LogP contribution in [0.25, 0.3) is 0 Å². The van der Waals surface area contributed by atoms with Crippen LogP contribution in [0, 0.1) is 0 Å². The summed E-state index contributed by atoms with van der Waals surface area (Å²) in [5, 5.41) is 8.68. The molecule has 1 saturated heterocycles. The van der Waals surface area contributed by atoms with Gasteiger partial charge in [-0.1, -0.05) is 12.1 Å². The van der Waals surface area contributed by atoms with Gasteiger partial charge in [0.05, 0.1) is 12.6 Å². The third-order valence-corrected chi connectivity index (χ3v) is 3.97. The maximum Gasteiger partial charge on any atom is 0.315 e. The van der Waals surface area contributed by atoms with Crippen molar-refractivity contribution in [1.82, 2.24) is 10.6 Å². The largest absolute Gasteiger partial charge is 0.460 e. The van der Waals surface area contributed by atoms with E-state index in [-0.39, 0.29) is 24.8 Å². The van der Waals surface area contributed by atoms with Crippen LogP contribution in [-0.4, -0.2) is 48.9 Å². The molecule has 2 rings (SSSR count). The molecule has 152 valence electrons. The highest BCUT2D eigenvalue weighted by Crippen LogP contribution is 2.21. The summed E-state index contributed by atoms with van der Waals surface area (Å²) in [6.07, 6.45) is 2.08. The van der Waals surface area contributed by atoms with E-state index < -0.39 is 17.7 Å². The smallest absolute Gasteiger partial charge is 0.315 e. The van der Waals surface area contributed by atoms with E-state index in [0.29, 0.717) is 13.0 Å².